The van der Waals surface area contributed by atoms with E-state index in [9.17, 15) is 4.79 Å². The van der Waals surface area contributed by atoms with Gasteiger partial charge < -0.3 is 25.2 Å². The van der Waals surface area contributed by atoms with Crippen molar-refractivity contribution in [1.82, 2.24) is 14.7 Å². The molecule has 27 heavy (non-hydrogen) atoms. The number of aliphatic imine (C=N–C) groups is 1. The maximum Gasteiger partial charge on any atom is 0.410 e. The summed E-state index contributed by atoms with van der Waals surface area (Å²) in [5, 5.41) is 0. The minimum atomic E-state index is -0.476. The van der Waals surface area contributed by atoms with E-state index in [1.807, 2.05) is 25.7 Å². The Labute approximate surface area is 162 Å². The van der Waals surface area contributed by atoms with Gasteiger partial charge in [0.15, 0.2) is 5.96 Å². The molecule has 2 rings (SSSR count). The van der Waals surface area contributed by atoms with E-state index in [0.717, 1.165) is 12.1 Å². The van der Waals surface area contributed by atoms with Crippen molar-refractivity contribution >= 4 is 12.1 Å². The molecule has 0 unspecified atom stereocenters. The number of benzene rings is 1. The van der Waals surface area contributed by atoms with Crippen LogP contribution >= 0.6 is 0 Å². The number of ether oxygens (including phenoxy) is 1. The first-order valence-electron chi connectivity index (χ1n) is 9.39. The summed E-state index contributed by atoms with van der Waals surface area (Å²) in [6, 6.07) is 8.40. The third-order valence-corrected chi connectivity index (χ3v) is 4.17. The summed E-state index contributed by atoms with van der Waals surface area (Å²) in [5.41, 5.74) is 8.10. The number of hydrogen-bond acceptors (Lipinski definition) is 4. The Hall–Kier alpha value is -2.28. The predicted octanol–water partition coefficient (Wildman–Crippen LogP) is 2.12. The van der Waals surface area contributed by atoms with Crippen LogP contribution in [0.4, 0.5) is 4.79 Å². The second-order valence-electron chi connectivity index (χ2n) is 8.19. The number of carbonyl (C=O) groups is 1. The van der Waals surface area contributed by atoms with Crippen LogP contribution in [0.2, 0.25) is 0 Å². The van der Waals surface area contributed by atoms with Gasteiger partial charge in [0, 0.05) is 32.7 Å². The molecule has 0 radical (unpaired) electrons. The molecule has 1 heterocycles. The lowest BCUT2D eigenvalue weighted by atomic mass is 10.1. The van der Waals surface area contributed by atoms with E-state index in [2.05, 4.69) is 48.3 Å². The molecular weight excluding hydrogens is 342 g/mol. The zero-order chi connectivity index (χ0) is 20.0. The molecule has 7 heteroatoms. The number of amides is 1. The molecule has 0 saturated carbocycles. The van der Waals surface area contributed by atoms with Crippen molar-refractivity contribution in [2.45, 2.75) is 39.5 Å². The quantitative estimate of drug-likeness (QED) is 0.644. The molecule has 1 fully saturated rings. The van der Waals surface area contributed by atoms with E-state index in [1.165, 1.54) is 5.56 Å². The summed E-state index contributed by atoms with van der Waals surface area (Å²) in [6.45, 7) is 9.58. The first-order valence-corrected chi connectivity index (χ1v) is 9.39. The molecule has 0 atom stereocenters. The van der Waals surface area contributed by atoms with Gasteiger partial charge in [-0.1, -0.05) is 24.3 Å². The van der Waals surface area contributed by atoms with Crippen LogP contribution in [0.15, 0.2) is 29.3 Å². The topological polar surface area (TPSA) is 74.4 Å². The van der Waals surface area contributed by atoms with Crippen LogP contribution in [0.3, 0.4) is 0 Å². The molecule has 1 amide bonds. The van der Waals surface area contributed by atoms with Gasteiger partial charge in [-0.15, -0.1) is 0 Å². The van der Waals surface area contributed by atoms with Gasteiger partial charge in [0.25, 0.3) is 0 Å². The van der Waals surface area contributed by atoms with Gasteiger partial charge in [-0.25, -0.2) is 9.79 Å². The van der Waals surface area contributed by atoms with Gasteiger partial charge in [0.2, 0.25) is 0 Å². The van der Waals surface area contributed by atoms with E-state index < -0.39 is 5.60 Å². The fourth-order valence-corrected chi connectivity index (χ4v) is 2.91. The zero-order valence-corrected chi connectivity index (χ0v) is 17.2. The largest absolute Gasteiger partial charge is 0.444 e. The van der Waals surface area contributed by atoms with Crippen LogP contribution in [0.1, 0.15) is 31.9 Å². The summed E-state index contributed by atoms with van der Waals surface area (Å²) in [5.74, 6) is 0.525. The molecule has 1 aromatic rings. The van der Waals surface area contributed by atoms with Gasteiger partial charge in [0.05, 0.1) is 6.54 Å². The number of guanidine groups is 1. The van der Waals surface area contributed by atoms with Crippen LogP contribution < -0.4 is 5.73 Å². The summed E-state index contributed by atoms with van der Waals surface area (Å²) in [6.07, 6.45) is -0.268. The van der Waals surface area contributed by atoms with Crippen LogP contribution in [0.25, 0.3) is 0 Å². The van der Waals surface area contributed by atoms with Crippen molar-refractivity contribution in [3.05, 3.63) is 35.4 Å². The summed E-state index contributed by atoms with van der Waals surface area (Å²) < 4.78 is 5.42. The van der Waals surface area contributed by atoms with Gasteiger partial charge in [0.1, 0.15) is 5.60 Å². The highest BCUT2D eigenvalue weighted by Crippen LogP contribution is 2.12. The summed E-state index contributed by atoms with van der Waals surface area (Å²) in [4.78, 5) is 22.5. The lowest BCUT2D eigenvalue weighted by Crippen LogP contribution is -2.53. The number of carbonyl (C=O) groups excluding carboxylic acids is 1. The molecule has 0 spiro atoms. The first-order chi connectivity index (χ1) is 12.6. The number of nitrogens with two attached hydrogens (primary N) is 1. The highest BCUT2D eigenvalue weighted by Gasteiger charge is 2.26. The van der Waals surface area contributed by atoms with Crippen LogP contribution in [0.5, 0.6) is 0 Å². The highest BCUT2D eigenvalue weighted by atomic mass is 16.6. The molecule has 150 valence electrons. The lowest BCUT2D eigenvalue weighted by Gasteiger charge is -2.36. The molecule has 2 N–H and O–H groups in total. The molecule has 1 aliphatic rings. The Bertz CT molecular complexity index is 659. The molecule has 0 aromatic heterocycles. The van der Waals surface area contributed by atoms with Crippen molar-refractivity contribution in [2.24, 2.45) is 10.7 Å². The maximum absolute atomic E-state index is 12.1. The smallest absolute Gasteiger partial charge is 0.410 e. The highest BCUT2D eigenvalue weighted by molar-refractivity contribution is 5.78. The standard InChI is InChI=1S/C20H33N5O2/c1-20(2,3)27-19(26)25-11-9-24(10-12-25)18(21)22-14-16-7-6-8-17(13-16)15-23(4)5/h6-8,13H,9-12,14-15H2,1-5H3,(H2,21,22). The van der Waals surface area contributed by atoms with Crippen molar-refractivity contribution in [2.75, 3.05) is 40.3 Å². The fourth-order valence-electron chi connectivity index (χ4n) is 2.91. The van der Waals surface area contributed by atoms with E-state index in [-0.39, 0.29) is 6.09 Å². The summed E-state index contributed by atoms with van der Waals surface area (Å²) in [7, 11) is 4.11. The van der Waals surface area contributed by atoms with Gasteiger partial charge in [-0.3, -0.25) is 0 Å². The molecule has 0 bridgehead atoms. The Morgan fingerprint density at radius 1 is 1.15 bits per heavy atom. The minimum absolute atomic E-state index is 0.268. The lowest BCUT2D eigenvalue weighted by molar-refractivity contribution is 0.0186. The molecule has 1 aliphatic heterocycles. The van der Waals surface area contributed by atoms with E-state index in [4.69, 9.17) is 10.5 Å². The van der Waals surface area contributed by atoms with Crippen molar-refractivity contribution in [1.29, 1.82) is 0 Å². The summed E-state index contributed by atoms with van der Waals surface area (Å²) >= 11 is 0. The van der Waals surface area contributed by atoms with Crippen molar-refractivity contribution < 1.29 is 9.53 Å². The molecular formula is C20H33N5O2. The molecule has 1 saturated heterocycles. The average molecular weight is 376 g/mol. The predicted molar refractivity (Wildman–Crippen MR) is 109 cm³/mol. The molecule has 0 aliphatic carbocycles. The van der Waals surface area contributed by atoms with E-state index in [1.54, 1.807) is 4.90 Å². The van der Waals surface area contributed by atoms with Crippen LogP contribution in [-0.4, -0.2) is 72.6 Å². The van der Waals surface area contributed by atoms with Crippen molar-refractivity contribution in [3.63, 3.8) is 0 Å². The third-order valence-electron chi connectivity index (χ3n) is 4.17. The number of piperazine rings is 1. The minimum Gasteiger partial charge on any atom is -0.444 e. The Morgan fingerprint density at radius 3 is 2.33 bits per heavy atom. The van der Waals surface area contributed by atoms with Gasteiger partial charge in [-0.05, 0) is 46.0 Å². The first kappa shape index (κ1) is 21.0. The molecule has 1 aromatic carbocycles. The fraction of sp³-hybridized carbons (Fsp3) is 0.600. The third kappa shape index (κ3) is 7.09. The number of rotatable bonds is 4. The zero-order valence-electron chi connectivity index (χ0n) is 17.2. The normalized spacial score (nSPS) is 16.0. The number of nitrogens with zero attached hydrogens (tertiary/aromatic N) is 4. The van der Waals surface area contributed by atoms with E-state index in [0.29, 0.717) is 38.7 Å². The maximum atomic E-state index is 12.1. The van der Waals surface area contributed by atoms with Gasteiger partial charge in [-0.2, -0.15) is 0 Å². The van der Waals surface area contributed by atoms with Crippen LogP contribution in [-0.2, 0) is 17.8 Å². The average Bonchev–Trinajstić information content (AvgIpc) is 2.58. The van der Waals surface area contributed by atoms with Crippen LogP contribution in [0, 0.1) is 0 Å². The van der Waals surface area contributed by atoms with Gasteiger partial charge >= 0.3 is 6.09 Å². The Balaban J connectivity index is 1.86. The number of hydrogen-bond donors (Lipinski definition) is 1. The van der Waals surface area contributed by atoms with Crippen molar-refractivity contribution in [3.8, 4) is 0 Å². The second-order valence-corrected chi connectivity index (χ2v) is 8.19. The van der Waals surface area contributed by atoms with E-state index >= 15 is 0 Å². The molecule has 7 nitrogen and oxygen atoms in total. The second kappa shape index (κ2) is 9.08. The SMILES string of the molecule is CN(C)Cc1cccc(CN=C(N)N2CCN(C(=O)OC(C)(C)C)CC2)c1. The monoisotopic (exact) mass is 375 g/mol. The Kier molecular flexibility index (Phi) is 7.07. The Morgan fingerprint density at radius 2 is 1.74 bits per heavy atom.